The highest BCUT2D eigenvalue weighted by Gasteiger charge is 2.38. The Morgan fingerprint density at radius 3 is 2.55 bits per heavy atom. The summed E-state index contributed by atoms with van der Waals surface area (Å²) in [4.78, 5) is 29.3. The molecule has 2 amide bonds. The molecule has 2 aromatic carbocycles. The van der Waals surface area contributed by atoms with E-state index in [0.717, 1.165) is 15.6 Å². The zero-order valence-corrected chi connectivity index (χ0v) is 18.1. The molecule has 5 nitrogen and oxygen atoms in total. The second-order valence-corrected chi connectivity index (χ2v) is 8.77. The molecule has 4 rings (SSSR count). The maximum atomic E-state index is 13.1. The van der Waals surface area contributed by atoms with E-state index in [4.69, 9.17) is 4.74 Å². The molecular weight excluding hydrogens is 432 g/mol. The zero-order chi connectivity index (χ0) is 20.4. The van der Waals surface area contributed by atoms with Gasteiger partial charge in [-0.3, -0.25) is 9.59 Å². The van der Waals surface area contributed by atoms with Crippen molar-refractivity contribution in [3.8, 4) is 0 Å². The minimum Gasteiger partial charge on any atom is -0.370 e. The van der Waals surface area contributed by atoms with Crippen LogP contribution < -0.4 is 0 Å². The molecule has 0 saturated carbocycles. The largest absolute Gasteiger partial charge is 0.370 e. The molecule has 2 unspecified atom stereocenters. The normalized spacial score (nSPS) is 22.2. The molecule has 2 saturated heterocycles. The SMILES string of the molecule is Cc1ccc(CN2CC(C(=O)N3CCOC(c4ccc(Br)cc4)C3)CC2=O)cc1. The van der Waals surface area contributed by atoms with Gasteiger partial charge >= 0.3 is 0 Å². The summed E-state index contributed by atoms with van der Waals surface area (Å²) in [5, 5.41) is 0. The molecule has 2 aliphatic rings. The van der Waals surface area contributed by atoms with Crippen LogP contribution in [0.25, 0.3) is 0 Å². The van der Waals surface area contributed by atoms with Gasteiger partial charge in [0.15, 0.2) is 0 Å². The van der Waals surface area contributed by atoms with E-state index < -0.39 is 0 Å². The van der Waals surface area contributed by atoms with Gasteiger partial charge in [0.1, 0.15) is 6.10 Å². The van der Waals surface area contributed by atoms with Gasteiger partial charge in [-0.15, -0.1) is 0 Å². The number of aryl methyl sites for hydroxylation is 1. The summed E-state index contributed by atoms with van der Waals surface area (Å²) in [6.45, 7) is 4.72. The highest BCUT2D eigenvalue weighted by atomic mass is 79.9. The molecule has 2 aromatic rings. The number of halogens is 1. The van der Waals surface area contributed by atoms with Crippen LogP contribution in [0.2, 0.25) is 0 Å². The molecule has 0 radical (unpaired) electrons. The number of rotatable bonds is 4. The average molecular weight is 457 g/mol. The second kappa shape index (κ2) is 8.67. The number of hydrogen-bond donors (Lipinski definition) is 0. The van der Waals surface area contributed by atoms with Crippen molar-refractivity contribution in [3.05, 3.63) is 69.7 Å². The Morgan fingerprint density at radius 2 is 1.83 bits per heavy atom. The number of nitrogens with zero attached hydrogens (tertiary/aromatic N) is 2. The molecule has 0 spiro atoms. The predicted molar refractivity (Wildman–Crippen MR) is 114 cm³/mol. The number of ether oxygens (including phenoxy) is 1. The van der Waals surface area contributed by atoms with Crippen molar-refractivity contribution in [2.45, 2.75) is 26.0 Å². The molecule has 0 N–H and O–H groups in total. The molecule has 29 heavy (non-hydrogen) atoms. The Balaban J connectivity index is 1.38. The van der Waals surface area contributed by atoms with Gasteiger partial charge in [0.2, 0.25) is 11.8 Å². The van der Waals surface area contributed by atoms with Gasteiger partial charge in [-0.1, -0.05) is 57.9 Å². The summed E-state index contributed by atoms with van der Waals surface area (Å²) in [5.74, 6) is -0.145. The summed E-state index contributed by atoms with van der Waals surface area (Å²) in [5.41, 5.74) is 3.36. The van der Waals surface area contributed by atoms with E-state index in [-0.39, 0.29) is 23.8 Å². The Hall–Kier alpha value is -2.18. The van der Waals surface area contributed by atoms with Gasteiger partial charge in [0.25, 0.3) is 0 Å². The van der Waals surface area contributed by atoms with Crippen LogP contribution >= 0.6 is 15.9 Å². The minimum atomic E-state index is -0.267. The van der Waals surface area contributed by atoms with E-state index in [9.17, 15) is 9.59 Å². The number of carbonyl (C=O) groups is 2. The number of carbonyl (C=O) groups excluding carboxylic acids is 2. The average Bonchev–Trinajstić information content (AvgIpc) is 3.10. The highest BCUT2D eigenvalue weighted by Crippen LogP contribution is 2.27. The fraction of sp³-hybridized carbons (Fsp3) is 0.391. The fourth-order valence-corrected chi connectivity index (χ4v) is 4.26. The van der Waals surface area contributed by atoms with E-state index in [0.29, 0.717) is 39.2 Å². The number of morpholine rings is 1. The van der Waals surface area contributed by atoms with Crippen molar-refractivity contribution in [1.82, 2.24) is 9.80 Å². The lowest BCUT2D eigenvalue weighted by atomic mass is 10.0. The number of benzene rings is 2. The summed E-state index contributed by atoms with van der Waals surface area (Å²) in [7, 11) is 0. The molecule has 0 aromatic heterocycles. The first-order valence-corrected chi connectivity index (χ1v) is 10.8. The predicted octanol–water partition coefficient (Wildman–Crippen LogP) is 3.71. The standard InChI is InChI=1S/C23H25BrN2O3/c1-16-2-4-17(5-3-16)13-26-14-19(12-22(26)27)23(28)25-10-11-29-21(15-25)18-6-8-20(24)9-7-18/h2-9,19,21H,10-15H2,1H3. The molecule has 2 aliphatic heterocycles. The van der Waals surface area contributed by atoms with Gasteiger partial charge in [-0.05, 0) is 30.2 Å². The van der Waals surface area contributed by atoms with Crippen LogP contribution in [0.1, 0.15) is 29.2 Å². The first-order chi connectivity index (χ1) is 14.0. The molecule has 152 valence electrons. The molecule has 2 fully saturated rings. The van der Waals surface area contributed by atoms with Gasteiger partial charge in [-0.2, -0.15) is 0 Å². The number of likely N-dealkylation sites (tertiary alicyclic amines) is 1. The fourth-order valence-electron chi connectivity index (χ4n) is 3.99. The van der Waals surface area contributed by atoms with Crippen molar-refractivity contribution < 1.29 is 14.3 Å². The lowest BCUT2D eigenvalue weighted by Crippen LogP contribution is -2.45. The summed E-state index contributed by atoms with van der Waals surface area (Å²) in [6.07, 6.45) is 0.173. The lowest BCUT2D eigenvalue weighted by Gasteiger charge is -2.34. The maximum Gasteiger partial charge on any atom is 0.228 e. The van der Waals surface area contributed by atoms with Crippen LogP contribution in [-0.4, -0.2) is 47.9 Å². The third-order valence-electron chi connectivity index (χ3n) is 5.68. The summed E-state index contributed by atoms with van der Waals surface area (Å²) >= 11 is 3.45. The van der Waals surface area contributed by atoms with Crippen molar-refractivity contribution in [1.29, 1.82) is 0 Å². The Kier molecular flexibility index (Phi) is 6.01. The van der Waals surface area contributed by atoms with Crippen LogP contribution in [-0.2, 0) is 20.9 Å². The quantitative estimate of drug-likeness (QED) is 0.704. The van der Waals surface area contributed by atoms with Gasteiger partial charge in [0, 0.05) is 30.5 Å². The molecule has 0 bridgehead atoms. The molecule has 6 heteroatoms. The Bertz CT molecular complexity index is 882. The monoisotopic (exact) mass is 456 g/mol. The van der Waals surface area contributed by atoms with Gasteiger partial charge in [0.05, 0.1) is 19.1 Å². The number of hydrogen-bond acceptors (Lipinski definition) is 3. The van der Waals surface area contributed by atoms with E-state index in [2.05, 4.69) is 28.1 Å². The summed E-state index contributed by atoms with van der Waals surface area (Å²) in [6, 6.07) is 16.2. The van der Waals surface area contributed by atoms with Gasteiger partial charge < -0.3 is 14.5 Å². The number of amides is 2. The highest BCUT2D eigenvalue weighted by molar-refractivity contribution is 9.10. The van der Waals surface area contributed by atoms with Crippen LogP contribution in [0.15, 0.2) is 53.0 Å². The zero-order valence-electron chi connectivity index (χ0n) is 16.5. The van der Waals surface area contributed by atoms with E-state index >= 15 is 0 Å². The minimum absolute atomic E-state index is 0.0571. The lowest BCUT2D eigenvalue weighted by molar-refractivity contribution is -0.143. The smallest absolute Gasteiger partial charge is 0.228 e. The van der Waals surface area contributed by atoms with E-state index in [1.165, 1.54) is 5.56 Å². The van der Waals surface area contributed by atoms with Crippen molar-refractivity contribution in [2.75, 3.05) is 26.2 Å². The van der Waals surface area contributed by atoms with Crippen molar-refractivity contribution in [3.63, 3.8) is 0 Å². The van der Waals surface area contributed by atoms with E-state index in [1.807, 2.05) is 48.2 Å². The maximum absolute atomic E-state index is 13.1. The first-order valence-electron chi connectivity index (χ1n) is 9.99. The van der Waals surface area contributed by atoms with Crippen molar-refractivity contribution in [2.24, 2.45) is 5.92 Å². The molecule has 2 heterocycles. The second-order valence-electron chi connectivity index (χ2n) is 7.86. The Labute approximate surface area is 179 Å². The van der Waals surface area contributed by atoms with E-state index in [1.54, 1.807) is 4.90 Å². The third-order valence-corrected chi connectivity index (χ3v) is 6.21. The van der Waals surface area contributed by atoms with Crippen LogP contribution in [0.5, 0.6) is 0 Å². The topological polar surface area (TPSA) is 49.9 Å². The molecular formula is C23H25BrN2O3. The van der Waals surface area contributed by atoms with Gasteiger partial charge in [-0.25, -0.2) is 0 Å². The Morgan fingerprint density at radius 1 is 1.10 bits per heavy atom. The third kappa shape index (κ3) is 4.70. The summed E-state index contributed by atoms with van der Waals surface area (Å²) < 4.78 is 6.91. The van der Waals surface area contributed by atoms with Crippen LogP contribution in [0, 0.1) is 12.8 Å². The van der Waals surface area contributed by atoms with Crippen molar-refractivity contribution >= 4 is 27.7 Å². The van der Waals surface area contributed by atoms with Crippen LogP contribution in [0.4, 0.5) is 0 Å². The molecule has 2 atom stereocenters. The first kappa shape index (κ1) is 20.1. The molecule has 0 aliphatic carbocycles. The van der Waals surface area contributed by atoms with Crippen LogP contribution in [0.3, 0.4) is 0 Å².